The number of carbonyl (C=O) groups is 2. The highest BCUT2D eigenvalue weighted by molar-refractivity contribution is 5.83. The highest BCUT2D eigenvalue weighted by Gasteiger charge is 2.38. The Morgan fingerprint density at radius 2 is 1.79 bits per heavy atom. The molecule has 0 radical (unpaired) electrons. The van der Waals surface area contributed by atoms with E-state index in [1.165, 1.54) is 0 Å². The number of nitrogens with zero attached hydrogens (tertiary/aromatic N) is 1. The van der Waals surface area contributed by atoms with Gasteiger partial charge >= 0.3 is 5.97 Å². The van der Waals surface area contributed by atoms with E-state index in [9.17, 15) is 14.7 Å². The summed E-state index contributed by atoms with van der Waals surface area (Å²) in [4.78, 5) is 25.0. The highest BCUT2D eigenvalue weighted by atomic mass is 16.4. The number of likely N-dealkylation sites (N-methyl/N-ethyl adjacent to an activating group) is 1. The van der Waals surface area contributed by atoms with Crippen LogP contribution in [-0.4, -0.2) is 46.6 Å². The molecule has 0 saturated heterocycles. The molecule has 0 rings (SSSR count). The lowest BCUT2D eigenvalue weighted by atomic mass is 10.0. The number of carboxylic acids is 1. The van der Waals surface area contributed by atoms with E-state index in [1.807, 2.05) is 6.92 Å². The maximum absolute atomic E-state index is 12.0. The van der Waals surface area contributed by atoms with Crippen LogP contribution in [-0.2, 0) is 9.59 Å². The van der Waals surface area contributed by atoms with Gasteiger partial charge in [-0.25, -0.2) is 0 Å². The molecule has 0 bridgehead atoms. The van der Waals surface area contributed by atoms with Gasteiger partial charge in [0.05, 0.1) is 6.04 Å². The zero-order valence-corrected chi connectivity index (χ0v) is 13.0. The number of nitrogens with one attached hydrogen (secondary N) is 1. The number of carboxylic acid groups (broad SMARTS) is 1. The lowest BCUT2D eigenvalue weighted by Gasteiger charge is -2.38. The third-order valence-corrected chi connectivity index (χ3v) is 3.45. The zero-order chi connectivity index (χ0) is 15.2. The number of carbonyl (C=O) groups excluding carboxylic acids is 1. The van der Waals surface area contributed by atoms with Gasteiger partial charge in [-0.1, -0.05) is 20.8 Å². The first kappa shape index (κ1) is 17.9. The van der Waals surface area contributed by atoms with Gasteiger partial charge in [0.1, 0.15) is 5.54 Å². The van der Waals surface area contributed by atoms with Crippen molar-refractivity contribution in [1.29, 1.82) is 0 Å². The number of amides is 1. The monoisotopic (exact) mass is 272 g/mol. The van der Waals surface area contributed by atoms with Crippen molar-refractivity contribution in [2.24, 2.45) is 5.92 Å². The molecule has 2 N–H and O–H groups in total. The molecule has 0 fully saturated rings. The summed E-state index contributed by atoms with van der Waals surface area (Å²) in [5, 5.41) is 12.1. The Kier molecular flexibility index (Phi) is 7.05. The number of rotatable bonds is 8. The van der Waals surface area contributed by atoms with Crippen molar-refractivity contribution >= 4 is 11.9 Å². The van der Waals surface area contributed by atoms with Crippen LogP contribution < -0.4 is 5.32 Å². The van der Waals surface area contributed by atoms with Crippen molar-refractivity contribution in [2.75, 3.05) is 13.1 Å². The molecule has 0 saturated carbocycles. The molecule has 1 atom stereocenters. The standard InChI is InChI=1S/C14H28N2O3/c1-7-16(14(5,6)13(18)19)11(4)12(17)15-9-8-10(2)3/h10-11H,7-9H2,1-6H3,(H,15,17)(H,18,19). The average molecular weight is 272 g/mol. The normalized spacial score (nSPS) is 13.7. The maximum Gasteiger partial charge on any atom is 0.323 e. The van der Waals surface area contributed by atoms with E-state index in [1.54, 1.807) is 25.7 Å². The molecule has 0 aliphatic carbocycles. The van der Waals surface area contributed by atoms with Gasteiger partial charge in [0.15, 0.2) is 0 Å². The van der Waals surface area contributed by atoms with Crippen LogP contribution in [0.3, 0.4) is 0 Å². The Morgan fingerprint density at radius 1 is 1.26 bits per heavy atom. The predicted octanol–water partition coefficient (Wildman–Crippen LogP) is 1.72. The maximum atomic E-state index is 12.0. The summed E-state index contributed by atoms with van der Waals surface area (Å²) in [6.07, 6.45) is 0.924. The molecule has 0 aliphatic rings. The first-order valence-electron chi connectivity index (χ1n) is 6.92. The molecule has 5 heteroatoms. The second-order valence-electron chi connectivity index (χ2n) is 5.80. The first-order chi connectivity index (χ1) is 8.64. The fraction of sp³-hybridized carbons (Fsp3) is 0.857. The number of hydrogen-bond donors (Lipinski definition) is 2. The molecule has 0 heterocycles. The average Bonchev–Trinajstić information content (AvgIpc) is 2.28. The molecule has 19 heavy (non-hydrogen) atoms. The molecule has 112 valence electrons. The minimum atomic E-state index is -1.05. The van der Waals surface area contributed by atoms with E-state index in [2.05, 4.69) is 19.2 Å². The smallest absolute Gasteiger partial charge is 0.323 e. The molecular formula is C14H28N2O3. The van der Waals surface area contributed by atoms with E-state index < -0.39 is 17.6 Å². The van der Waals surface area contributed by atoms with Gasteiger partial charge in [0.2, 0.25) is 5.91 Å². The van der Waals surface area contributed by atoms with Crippen molar-refractivity contribution in [3.05, 3.63) is 0 Å². The molecule has 0 aromatic heterocycles. The number of hydrogen-bond acceptors (Lipinski definition) is 3. The minimum Gasteiger partial charge on any atom is -0.480 e. The molecule has 0 aliphatic heterocycles. The van der Waals surface area contributed by atoms with E-state index in [4.69, 9.17) is 0 Å². The Hall–Kier alpha value is -1.10. The summed E-state index contributed by atoms with van der Waals surface area (Å²) >= 11 is 0. The lowest BCUT2D eigenvalue weighted by Crippen LogP contribution is -2.58. The Balaban J connectivity index is 4.62. The van der Waals surface area contributed by atoms with Crippen LogP contribution in [0.4, 0.5) is 0 Å². The van der Waals surface area contributed by atoms with Crippen LogP contribution in [0.5, 0.6) is 0 Å². The summed E-state index contributed by atoms with van der Waals surface area (Å²) < 4.78 is 0. The Bertz CT molecular complexity index is 314. The van der Waals surface area contributed by atoms with Crippen molar-refractivity contribution < 1.29 is 14.7 Å². The SMILES string of the molecule is CCN(C(C)C(=O)NCCC(C)C)C(C)(C)C(=O)O. The van der Waals surface area contributed by atoms with Crippen molar-refractivity contribution in [1.82, 2.24) is 10.2 Å². The van der Waals surface area contributed by atoms with Gasteiger partial charge in [0.25, 0.3) is 0 Å². The Labute approximate surface area is 116 Å². The van der Waals surface area contributed by atoms with Gasteiger partial charge < -0.3 is 10.4 Å². The summed E-state index contributed by atoms with van der Waals surface area (Å²) in [5.74, 6) is -0.499. The predicted molar refractivity (Wildman–Crippen MR) is 76.0 cm³/mol. The van der Waals surface area contributed by atoms with Crippen LogP contribution >= 0.6 is 0 Å². The molecule has 0 aromatic rings. The zero-order valence-electron chi connectivity index (χ0n) is 13.0. The molecule has 0 spiro atoms. The van der Waals surface area contributed by atoms with Gasteiger partial charge in [-0.05, 0) is 39.7 Å². The Morgan fingerprint density at radius 3 is 2.16 bits per heavy atom. The molecule has 1 unspecified atom stereocenters. The van der Waals surface area contributed by atoms with E-state index in [-0.39, 0.29) is 5.91 Å². The van der Waals surface area contributed by atoms with Crippen molar-refractivity contribution in [3.63, 3.8) is 0 Å². The van der Waals surface area contributed by atoms with Gasteiger partial charge in [0, 0.05) is 6.54 Å². The number of aliphatic carboxylic acids is 1. The summed E-state index contributed by atoms with van der Waals surface area (Å²) in [5.41, 5.74) is -1.05. The fourth-order valence-electron chi connectivity index (χ4n) is 2.05. The first-order valence-corrected chi connectivity index (χ1v) is 6.92. The van der Waals surface area contributed by atoms with Gasteiger partial charge in [-0.15, -0.1) is 0 Å². The summed E-state index contributed by atoms with van der Waals surface area (Å²) in [7, 11) is 0. The molecule has 0 aromatic carbocycles. The highest BCUT2D eigenvalue weighted by Crippen LogP contribution is 2.18. The van der Waals surface area contributed by atoms with E-state index in [0.29, 0.717) is 19.0 Å². The second kappa shape index (κ2) is 7.48. The largest absolute Gasteiger partial charge is 0.480 e. The molecule has 5 nitrogen and oxygen atoms in total. The summed E-state index contributed by atoms with van der Waals surface area (Å²) in [6.45, 7) is 12.2. The van der Waals surface area contributed by atoms with Crippen LogP contribution in [0, 0.1) is 5.92 Å². The van der Waals surface area contributed by atoms with Crippen LogP contribution in [0.15, 0.2) is 0 Å². The summed E-state index contributed by atoms with van der Waals surface area (Å²) in [6, 6.07) is -0.455. The topological polar surface area (TPSA) is 69.6 Å². The second-order valence-corrected chi connectivity index (χ2v) is 5.80. The quantitative estimate of drug-likeness (QED) is 0.706. The third-order valence-electron chi connectivity index (χ3n) is 3.45. The van der Waals surface area contributed by atoms with Crippen LogP contribution in [0.25, 0.3) is 0 Å². The van der Waals surface area contributed by atoms with E-state index in [0.717, 1.165) is 6.42 Å². The van der Waals surface area contributed by atoms with Crippen molar-refractivity contribution in [3.8, 4) is 0 Å². The van der Waals surface area contributed by atoms with Gasteiger partial charge in [-0.3, -0.25) is 14.5 Å². The van der Waals surface area contributed by atoms with Crippen LogP contribution in [0.2, 0.25) is 0 Å². The van der Waals surface area contributed by atoms with E-state index >= 15 is 0 Å². The fourth-order valence-corrected chi connectivity index (χ4v) is 2.05. The van der Waals surface area contributed by atoms with Crippen LogP contribution in [0.1, 0.15) is 48.0 Å². The van der Waals surface area contributed by atoms with Crippen molar-refractivity contribution in [2.45, 2.75) is 59.5 Å². The molecular weight excluding hydrogens is 244 g/mol. The molecule has 1 amide bonds. The minimum absolute atomic E-state index is 0.114. The third kappa shape index (κ3) is 5.19. The lowest BCUT2D eigenvalue weighted by molar-refractivity contribution is -0.152. The van der Waals surface area contributed by atoms with Gasteiger partial charge in [-0.2, -0.15) is 0 Å².